The number of benzene rings is 1. The lowest BCUT2D eigenvalue weighted by molar-refractivity contribution is -0.137. The van der Waals surface area contributed by atoms with E-state index in [9.17, 15) is 13.2 Å². The minimum Gasteiger partial charge on any atom is -0.342 e. The molecule has 3 rings (SSSR count). The maximum absolute atomic E-state index is 12.7. The monoisotopic (exact) mass is 291 g/mol. The number of halogens is 3. The van der Waals surface area contributed by atoms with Gasteiger partial charge < -0.3 is 4.98 Å². The van der Waals surface area contributed by atoms with Crippen LogP contribution in [0, 0.1) is 0 Å². The number of nitrogens with one attached hydrogen (secondary N) is 1. The summed E-state index contributed by atoms with van der Waals surface area (Å²) in [7, 11) is 0. The third-order valence-electron chi connectivity index (χ3n) is 3.26. The summed E-state index contributed by atoms with van der Waals surface area (Å²) in [6.45, 7) is 0. The molecule has 6 heteroatoms. The van der Waals surface area contributed by atoms with E-state index in [1.54, 1.807) is 12.4 Å². The van der Waals surface area contributed by atoms with Gasteiger partial charge in [-0.25, -0.2) is 4.98 Å². The number of hydrogen-bond acceptors (Lipinski definition) is 2. The van der Waals surface area contributed by atoms with Crippen molar-refractivity contribution < 1.29 is 13.2 Å². The number of imidazole rings is 1. The fraction of sp³-hybridized carbons (Fsp3) is 0.200. The Labute approximate surface area is 118 Å². The van der Waals surface area contributed by atoms with Crippen molar-refractivity contribution in [3.05, 3.63) is 59.7 Å². The minimum atomic E-state index is -4.34. The van der Waals surface area contributed by atoms with Crippen LogP contribution >= 0.6 is 0 Å². The highest BCUT2D eigenvalue weighted by atomic mass is 19.4. The number of alkyl halides is 3. The summed E-state index contributed by atoms with van der Waals surface area (Å²) in [4.78, 5) is 11.2. The zero-order valence-electron chi connectivity index (χ0n) is 11.0. The van der Waals surface area contributed by atoms with Crippen molar-refractivity contribution >= 4 is 11.0 Å². The fourth-order valence-electron chi connectivity index (χ4n) is 2.17. The van der Waals surface area contributed by atoms with Gasteiger partial charge >= 0.3 is 6.18 Å². The first-order chi connectivity index (χ1) is 10.0. The highest BCUT2D eigenvalue weighted by Gasteiger charge is 2.30. The Kier molecular flexibility index (Phi) is 3.37. The van der Waals surface area contributed by atoms with Gasteiger partial charge in [0.15, 0.2) is 0 Å². The summed E-state index contributed by atoms with van der Waals surface area (Å²) in [5.41, 5.74) is 1.41. The first-order valence-corrected chi connectivity index (χ1v) is 6.47. The molecule has 21 heavy (non-hydrogen) atoms. The molecule has 0 saturated carbocycles. The van der Waals surface area contributed by atoms with Crippen molar-refractivity contribution in [3.63, 3.8) is 0 Å². The van der Waals surface area contributed by atoms with Gasteiger partial charge in [-0.1, -0.05) is 0 Å². The van der Waals surface area contributed by atoms with E-state index in [1.807, 2.05) is 12.1 Å². The van der Waals surface area contributed by atoms with Gasteiger partial charge in [0.1, 0.15) is 5.82 Å². The third-order valence-corrected chi connectivity index (χ3v) is 3.26. The van der Waals surface area contributed by atoms with Crippen LogP contribution in [-0.4, -0.2) is 15.0 Å². The van der Waals surface area contributed by atoms with Gasteiger partial charge in [-0.05, 0) is 42.3 Å². The number of aryl methyl sites for hydroxylation is 2. The molecule has 0 amide bonds. The molecule has 0 aliphatic heterocycles. The number of pyridine rings is 1. The first kappa shape index (κ1) is 13.6. The van der Waals surface area contributed by atoms with Gasteiger partial charge in [0.2, 0.25) is 0 Å². The second kappa shape index (κ2) is 5.20. The van der Waals surface area contributed by atoms with Gasteiger partial charge in [0.25, 0.3) is 0 Å². The smallest absolute Gasteiger partial charge is 0.342 e. The average molecular weight is 291 g/mol. The van der Waals surface area contributed by atoms with Gasteiger partial charge in [0.05, 0.1) is 16.6 Å². The number of hydrogen-bond donors (Lipinski definition) is 1. The first-order valence-electron chi connectivity index (χ1n) is 6.47. The molecule has 0 saturated heterocycles. The van der Waals surface area contributed by atoms with Gasteiger partial charge in [-0.2, -0.15) is 13.2 Å². The highest BCUT2D eigenvalue weighted by molar-refractivity contribution is 5.76. The third kappa shape index (κ3) is 3.04. The predicted molar refractivity (Wildman–Crippen MR) is 72.7 cm³/mol. The zero-order valence-corrected chi connectivity index (χ0v) is 11.0. The summed E-state index contributed by atoms with van der Waals surface area (Å²) in [5, 5.41) is 0. The van der Waals surface area contributed by atoms with E-state index < -0.39 is 11.7 Å². The molecular formula is C15H12F3N3. The zero-order chi connectivity index (χ0) is 14.9. The van der Waals surface area contributed by atoms with E-state index in [-0.39, 0.29) is 0 Å². The highest BCUT2D eigenvalue weighted by Crippen LogP contribution is 2.30. The molecule has 1 aromatic carbocycles. The van der Waals surface area contributed by atoms with E-state index in [0.29, 0.717) is 23.3 Å². The van der Waals surface area contributed by atoms with E-state index in [2.05, 4.69) is 15.0 Å². The maximum atomic E-state index is 12.7. The number of aromatic nitrogens is 3. The largest absolute Gasteiger partial charge is 0.416 e. The Bertz CT molecular complexity index is 748. The van der Waals surface area contributed by atoms with E-state index in [0.717, 1.165) is 24.1 Å². The molecule has 2 heterocycles. The molecule has 108 valence electrons. The number of fused-ring (bicyclic) bond motifs is 1. The lowest BCUT2D eigenvalue weighted by Gasteiger charge is -2.05. The van der Waals surface area contributed by atoms with Crippen LogP contribution in [0.2, 0.25) is 0 Å². The number of nitrogens with zero attached hydrogens (tertiary/aromatic N) is 2. The maximum Gasteiger partial charge on any atom is 0.416 e. The van der Waals surface area contributed by atoms with E-state index in [1.165, 1.54) is 6.07 Å². The molecule has 0 radical (unpaired) electrons. The second-order valence-corrected chi connectivity index (χ2v) is 4.77. The van der Waals surface area contributed by atoms with Crippen LogP contribution in [0.4, 0.5) is 13.2 Å². The fourth-order valence-corrected chi connectivity index (χ4v) is 2.17. The lowest BCUT2D eigenvalue weighted by atomic mass is 10.1. The molecule has 0 bridgehead atoms. The summed E-state index contributed by atoms with van der Waals surface area (Å²) >= 11 is 0. The van der Waals surface area contributed by atoms with E-state index >= 15 is 0 Å². The molecule has 1 N–H and O–H groups in total. The Hall–Kier alpha value is -2.37. The Balaban J connectivity index is 1.81. The second-order valence-electron chi connectivity index (χ2n) is 4.77. The molecule has 0 atom stereocenters. The molecule has 0 spiro atoms. The quantitative estimate of drug-likeness (QED) is 0.798. The molecule has 0 aliphatic carbocycles. The molecule has 3 aromatic rings. The molecule has 0 aliphatic rings. The summed E-state index contributed by atoms with van der Waals surface area (Å²) in [6, 6.07) is 7.35. The Morgan fingerprint density at radius 1 is 1.00 bits per heavy atom. The Morgan fingerprint density at radius 3 is 2.48 bits per heavy atom. The summed E-state index contributed by atoms with van der Waals surface area (Å²) < 4.78 is 38.0. The van der Waals surface area contributed by atoms with Crippen molar-refractivity contribution in [2.75, 3.05) is 0 Å². The lowest BCUT2D eigenvalue weighted by Crippen LogP contribution is -2.04. The predicted octanol–water partition coefficient (Wildman–Crippen LogP) is 3.76. The number of H-pyrrole nitrogens is 1. The average Bonchev–Trinajstić information content (AvgIpc) is 2.87. The van der Waals surface area contributed by atoms with Crippen molar-refractivity contribution in [1.82, 2.24) is 15.0 Å². The van der Waals surface area contributed by atoms with Crippen LogP contribution in [-0.2, 0) is 19.0 Å². The van der Waals surface area contributed by atoms with Crippen LogP contribution in [0.3, 0.4) is 0 Å². The molecule has 2 aromatic heterocycles. The van der Waals surface area contributed by atoms with Crippen molar-refractivity contribution in [3.8, 4) is 0 Å². The Morgan fingerprint density at radius 2 is 1.76 bits per heavy atom. The van der Waals surface area contributed by atoms with Crippen LogP contribution in [0.1, 0.15) is 17.0 Å². The standard InChI is InChI=1S/C15H12F3N3/c16-15(17,18)11-2-3-12-13(9-11)21-14(20-12)4-1-10-5-7-19-8-6-10/h2-3,5-9H,1,4H2,(H,20,21). The summed E-state index contributed by atoms with van der Waals surface area (Å²) in [5.74, 6) is 0.682. The molecule has 0 fully saturated rings. The SMILES string of the molecule is FC(F)(F)c1ccc2nc(CCc3ccncc3)[nH]c2c1. The van der Waals surface area contributed by atoms with Crippen LogP contribution in [0.25, 0.3) is 11.0 Å². The van der Waals surface area contributed by atoms with Crippen molar-refractivity contribution in [1.29, 1.82) is 0 Å². The van der Waals surface area contributed by atoms with Crippen LogP contribution in [0.5, 0.6) is 0 Å². The van der Waals surface area contributed by atoms with Gasteiger partial charge in [-0.15, -0.1) is 0 Å². The van der Waals surface area contributed by atoms with Crippen LogP contribution < -0.4 is 0 Å². The van der Waals surface area contributed by atoms with Crippen molar-refractivity contribution in [2.24, 2.45) is 0 Å². The molecular weight excluding hydrogens is 279 g/mol. The van der Waals surface area contributed by atoms with Crippen LogP contribution in [0.15, 0.2) is 42.7 Å². The topological polar surface area (TPSA) is 41.6 Å². The van der Waals surface area contributed by atoms with Gasteiger partial charge in [0, 0.05) is 18.8 Å². The number of aromatic amines is 1. The van der Waals surface area contributed by atoms with Gasteiger partial charge in [-0.3, -0.25) is 4.98 Å². The summed E-state index contributed by atoms with van der Waals surface area (Å²) in [6.07, 6.45) is 0.484. The number of rotatable bonds is 3. The normalized spacial score (nSPS) is 12.0. The van der Waals surface area contributed by atoms with E-state index in [4.69, 9.17) is 0 Å². The van der Waals surface area contributed by atoms with Crippen molar-refractivity contribution in [2.45, 2.75) is 19.0 Å². The minimum absolute atomic E-state index is 0.412. The molecule has 0 unspecified atom stereocenters. The molecule has 3 nitrogen and oxygen atoms in total.